The second kappa shape index (κ2) is 12.3. The van der Waals surface area contributed by atoms with Gasteiger partial charge in [0.1, 0.15) is 43.2 Å². The van der Waals surface area contributed by atoms with Crippen LogP contribution in [0.15, 0.2) is 104 Å². The molecule has 0 bridgehead atoms. The zero-order valence-corrected chi connectivity index (χ0v) is 25.8. The number of epoxide rings is 1. The second-order valence-electron chi connectivity index (χ2n) is 12.4. The van der Waals surface area contributed by atoms with Gasteiger partial charge in [0, 0.05) is 17.8 Å². The van der Waals surface area contributed by atoms with E-state index in [1.165, 1.54) is 16.7 Å². The number of ether oxygens (including phenoxy) is 4. The fourth-order valence-electron chi connectivity index (χ4n) is 5.09. The normalized spacial score (nSPS) is 17.2. The van der Waals surface area contributed by atoms with Gasteiger partial charge in [-0.05, 0) is 64.2 Å². The lowest BCUT2D eigenvalue weighted by Crippen LogP contribution is -2.25. The van der Waals surface area contributed by atoms with Crippen LogP contribution in [0, 0.1) is 0 Å². The quantitative estimate of drug-likeness (QED) is 0.163. The highest BCUT2D eigenvalue weighted by molar-refractivity contribution is 5.49. The Hall–Kier alpha value is -4.06. The van der Waals surface area contributed by atoms with Crippen LogP contribution in [0.5, 0.6) is 17.2 Å². The summed E-state index contributed by atoms with van der Waals surface area (Å²) < 4.78 is 22.9. The monoisotopic (exact) mass is 578 g/mol. The van der Waals surface area contributed by atoms with Gasteiger partial charge in [-0.3, -0.25) is 0 Å². The first-order chi connectivity index (χ1) is 20.5. The first-order valence-corrected chi connectivity index (χ1v) is 14.8. The Bertz CT molecular complexity index is 1500. The van der Waals surface area contributed by atoms with Gasteiger partial charge in [0.25, 0.3) is 0 Å². The van der Waals surface area contributed by atoms with Gasteiger partial charge < -0.3 is 24.1 Å². The minimum absolute atomic E-state index is 0.138. The van der Waals surface area contributed by atoms with Crippen LogP contribution in [-0.4, -0.2) is 36.8 Å². The summed E-state index contributed by atoms with van der Waals surface area (Å²) in [6.45, 7) is 15.5. The highest BCUT2D eigenvalue weighted by Crippen LogP contribution is 2.36. The van der Waals surface area contributed by atoms with E-state index in [1.54, 1.807) is 0 Å². The maximum atomic E-state index is 10.5. The molecule has 0 amide bonds. The first kappa shape index (κ1) is 30.4. The molecule has 5 nitrogen and oxygen atoms in total. The summed E-state index contributed by atoms with van der Waals surface area (Å²) in [7, 11) is 0. The molecule has 43 heavy (non-hydrogen) atoms. The van der Waals surface area contributed by atoms with E-state index in [1.807, 2.05) is 49.4 Å². The van der Waals surface area contributed by atoms with Gasteiger partial charge in [-0.25, -0.2) is 0 Å². The van der Waals surface area contributed by atoms with Crippen molar-refractivity contribution < 1.29 is 24.1 Å². The van der Waals surface area contributed by atoms with Crippen LogP contribution in [-0.2, 0) is 15.6 Å². The fourth-order valence-corrected chi connectivity index (χ4v) is 5.09. The Morgan fingerprint density at radius 2 is 1.05 bits per heavy atom. The van der Waals surface area contributed by atoms with Crippen molar-refractivity contribution in [3.05, 3.63) is 131 Å². The number of rotatable bonds is 13. The van der Waals surface area contributed by atoms with Crippen LogP contribution >= 0.6 is 0 Å². The molecule has 1 aliphatic rings. The van der Waals surface area contributed by atoms with E-state index >= 15 is 0 Å². The minimum Gasteiger partial charge on any atom is -0.491 e. The van der Waals surface area contributed by atoms with Gasteiger partial charge in [0.15, 0.2) is 0 Å². The lowest BCUT2D eigenvalue weighted by molar-refractivity contribution is 0.0626. The lowest BCUT2D eigenvalue weighted by atomic mass is 9.78. The van der Waals surface area contributed by atoms with Crippen LogP contribution < -0.4 is 14.2 Å². The number of hydrogen-bond donors (Lipinski definition) is 1. The summed E-state index contributed by atoms with van der Waals surface area (Å²) in [6, 6.07) is 32.7. The van der Waals surface area contributed by atoms with Crippen LogP contribution in [0.1, 0.15) is 62.4 Å². The van der Waals surface area contributed by atoms with Crippen LogP contribution in [0.25, 0.3) is 6.08 Å². The number of aliphatic hydroxyl groups is 1. The summed E-state index contributed by atoms with van der Waals surface area (Å²) >= 11 is 0. The van der Waals surface area contributed by atoms with E-state index < -0.39 is 11.9 Å². The minimum atomic E-state index is -0.764. The SMILES string of the molecule is C=Cc1ccc(C(C)(C)c2ccc(OCC(O)COc3ccc(C(C)(C)c4ccc(OC5(C)CO5)cc4)cc3)cc2)cc1. The molecule has 0 aliphatic carbocycles. The Labute approximate surface area is 255 Å². The van der Waals surface area contributed by atoms with Crippen molar-refractivity contribution in [2.75, 3.05) is 19.8 Å². The molecule has 224 valence electrons. The van der Waals surface area contributed by atoms with Crippen molar-refractivity contribution >= 4 is 6.08 Å². The maximum absolute atomic E-state index is 10.5. The summed E-state index contributed by atoms with van der Waals surface area (Å²) in [5.74, 6) is 1.74. The van der Waals surface area contributed by atoms with Crippen molar-refractivity contribution in [2.45, 2.75) is 57.3 Å². The summed E-state index contributed by atoms with van der Waals surface area (Å²) in [6.07, 6.45) is 1.09. The van der Waals surface area contributed by atoms with Gasteiger partial charge >= 0.3 is 0 Å². The van der Waals surface area contributed by atoms with Crippen LogP contribution in [0.2, 0.25) is 0 Å². The molecule has 0 saturated carbocycles. The molecule has 4 aromatic rings. The molecule has 5 rings (SSSR count). The summed E-state index contributed by atoms with van der Waals surface area (Å²) in [5.41, 5.74) is 5.51. The molecule has 5 heteroatoms. The van der Waals surface area contributed by atoms with Gasteiger partial charge in [0.05, 0.1) is 0 Å². The standard InChI is InChI=1S/C38H42O5/c1-7-27-8-10-28(11-9-27)36(2,3)29-12-18-33(19-13-29)40-24-32(39)25-41-34-20-14-30(15-21-34)37(4,5)31-16-22-35(23-17-31)43-38(6)26-42-38/h7-23,32,39H,1,24-26H2,2-6H3. The second-order valence-corrected chi connectivity index (χ2v) is 12.4. The van der Waals surface area contributed by atoms with Gasteiger partial charge in [0.2, 0.25) is 5.79 Å². The largest absolute Gasteiger partial charge is 0.491 e. The number of hydrogen-bond acceptors (Lipinski definition) is 5. The van der Waals surface area contributed by atoms with Crippen molar-refractivity contribution in [1.82, 2.24) is 0 Å². The third-order valence-corrected chi connectivity index (χ3v) is 8.37. The first-order valence-electron chi connectivity index (χ1n) is 14.8. The van der Waals surface area contributed by atoms with Gasteiger partial charge in [-0.1, -0.05) is 101 Å². The number of aliphatic hydroxyl groups excluding tert-OH is 1. The Balaban J connectivity index is 1.10. The summed E-state index contributed by atoms with van der Waals surface area (Å²) in [4.78, 5) is 0. The predicted molar refractivity (Wildman–Crippen MR) is 172 cm³/mol. The van der Waals surface area contributed by atoms with E-state index in [-0.39, 0.29) is 24.0 Å². The highest BCUT2D eigenvalue weighted by Gasteiger charge is 2.42. The molecular formula is C38H42O5. The van der Waals surface area contributed by atoms with Gasteiger partial charge in [-0.15, -0.1) is 0 Å². The van der Waals surface area contributed by atoms with E-state index in [0.29, 0.717) is 18.1 Å². The topological polar surface area (TPSA) is 60.5 Å². The van der Waals surface area contributed by atoms with Crippen molar-refractivity contribution in [3.63, 3.8) is 0 Å². The average Bonchev–Trinajstić information content (AvgIpc) is 3.75. The van der Waals surface area contributed by atoms with Crippen LogP contribution in [0.3, 0.4) is 0 Å². The Kier molecular flexibility index (Phi) is 8.68. The number of benzene rings is 4. The molecule has 2 atom stereocenters. The molecule has 1 saturated heterocycles. The zero-order valence-electron chi connectivity index (χ0n) is 25.8. The third kappa shape index (κ3) is 7.30. The Morgan fingerprint density at radius 3 is 1.40 bits per heavy atom. The molecule has 0 aromatic heterocycles. The van der Waals surface area contributed by atoms with Crippen molar-refractivity contribution in [1.29, 1.82) is 0 Å². The van der Waals surface area contributed by atoms with Crippen LogP contribution in [0.4, 0.5) is 0 Å². The molecule has 1 aliphatic heterocycles. The molecule has 1 N–H and O–H groups in total. The molecule has 1 fully saturated rings. The van der Waals surface area contributed by atoms with Crippen molar-refractivity contribution in [2.24, 2.45) is 0 Å². The van der Waals surface area contributed by atoms with E-state index in [2.05, 4.69) is 94.9 Å². The van der Waals surface area contributed by atoms with Gasteiger partial charge in [-0.2, -0.15) is 0 Å². The maximum Gasteiger partial charge on any atom is 0.231 e. The molecule has 2 unspecified atom stereocenters. The predicted octanol–water partition coefficient (Wildman–Crippen LogP) is 7.93. The van der Waals surface area contributed by atoms with E-state index in [0.717, 1.165) is 16.9 Å². The van der Waals surface area contributed by atoms with E-state index in [4.69, 9.17) is 18.9 Å². The van der Waals surface area contributed by atoms with Crippen molar-refractivity contribution in [3.8, 4) is 17.2 Å². The average molecular weight is 579 g/mol. The van der Waals surface area contributed by atoms with E-state index in [9.17, 15) is 5.11 Å². The highest BCUT2D eigenvalue weighted by atomic mass is 16.8. The summed E-state index contributed by atoms with van der Waals surface area (Å²) in [5, 5.41) is 10.5. The lowest BCUT2D eigenvalue weighted by Gasteiger charge is -2.27. The molecule has 4 aromatic carbocycles. The smallest absolute Gasteiger partial charge is 0.231 e. The molecule has 1 heterocycles. The fraction of sp³-hybridized carbons (Fsp3) is 0.316. The molecule has 0 spiro atoms. The third-order valence-electron chi connectivity index (χ3n) is 8.37. The zero-order chi connectivity index (χ0) is 30.7. The molecular weight excluding hydrogens is 536 g/mol. The molecule has 0 radical (unpaired) electrons. The Morgan fingerprint density at radius 1 is 0.698 bits per heavy atom.